The number of methoxy groups -OCH3 is 1. The zero-order chi connectivity index (χ0) is 19.2. The van der Waals surface area contributed by atoms with Crippen LogP contribution >= 0.6 is 0 Å². The molecule has 0 atom stereocenters. The third kappa shape index (κ3) is 6.12. The molecule has 0 spiro atoms. The van der Waals surface area contributed by atoms with Gasteiger partial charge in [-0.25, -0.2) is 9.79 Å². The molecule has 0 aliphatic rings. The Morgan fingerprint density at radius 3 is 2.58 bits per heavy atom. The van der Waals surface area contributed by atoms with Crippen LogP contribution in [-0.2, 0) is 11.3 Å². The van der Waals surface area contributed by atoms with Gasteiger partial charge in [0.05, 0.1) is 19.2 Å². The van der Waals surface area contributed by atoms with Crippen LogP contribution in [0.2, 0.25) is 0 Å². The summed E-state index contributed by atoms with van der Waals surface area (Å²) in [6.45, 7) is 5.86. The molecule has 6 nitrogen and oxygen atoms in total. The van der Waals surface area contributed by atoms with Crippen LogP contribution in [-0.4, -0.2) is 24.6 Å². The second-order valence-electron chi connectivity index (χ2n) is 6.76. The maximum atomic E-state index is 12.1. The molecular weight excluding hydrogens is 330 g/mol. The molecule has 138 valence electrons. The van der Waals surface area contributed by atoms with E-state index in [4.69, 9.17) is 15.2 Å². The van der Waals surface area contributed by atoms with E-state index in [1.165, 1.54) is 0 Å². The maximum absolute atomic E-state index is 12.1. The van der Waals surface area contributed by atoms with Crippen LogP contribution < -0.4 is 15.8 Å². The minimum Gasteiger partial charge on any atom is -0.497 e. The molecule has 0 bridgehead atoms. The van der Waals surface area contributed by atoms with Gasteiger partial charge in [-0.05, 0) is 50.6 Å². The number of aliphatic imine (C=N–C) groups is 1. The summed E-state index contributed by atoms with van der Waals surface area (Å²) >= 11 is 0. The molecule has 0 aromatic heterocycles. The largest absolute Gasteiger partial charge is 0.497 e. The van der Waals surface area contributed by atoms with E-state index >= 15 is 0 Å². The molecular formula is C20H25N3O3. The number of hydrogen-bond donors (Lipinski definition) is 2. The molecule has 0 amide bonds. The Morgan fingerprint density at radius 2 is 1.88 bits per heavy atom. The highest BCUT2D eigenvalue weighted by Gasteiger charge is 2.17. The number of benzene rings is 2. The Labute approximate surface area is 154 Å². The predicted molar refractivity (Wildman–Crippen MR) is 104 cm³/mol. The van der Waals surface area contributed by atoms with Gasteiger partial charge in [0, 0.05) is 11.8 Å². The molecule has 2 aromatic carbocycles. The van der Waals surface area contributed by atoms with E-state index in [9.17, 15) is 4.79 Å². The predicted octanol–water partition coefficient (Wildman–Crippen LogP) is 3.58. The fourth-order valence-electron chi connectivity index (χ4n) is 2.20. The molecule has 0 aliphatic carbocycles. The number of rotatable bonds is 5. The first-order chi connectivity index (χ1) is 12.3. The zero-order valence-electron chi connectivity index (χ0n) is 15.6. The molecule has 0 saturated heterocycles. The molecule has 2 aromatic rings. The number of carbonyl (C=O) groups excluding carboxylic acids is 1. The van der Waals surface area contributed by atoms with Crippen molar-refractivity contribution in [1.29, 1.82) is 0 Å². The summed E-state index contributed by atoms with van der Waals surface area (Å²) in [5.74, 6) is 0.652. The lowest BCUT2D eigenvalue weighted by atomic mass is 10.1. The Morgan fingerprint density at radius 1 is 1.15 bits per heavy atom. The van der Waals surface area contributed by atoms with Crippen LogP contribution in [0.1, 0.15) is 36.7 Å². The number of guanidine groups is 1. The first-order valence-electron chi connectivity index (χ1n) is 8.30. The third-order valence-corrected chi connectivity index (χ3v) is 3.34. The van der Waals surface area contributed by atoms with E-state index in [2.05, 4.69) is 10.3 Å². The lowest BCUT2D eigenvalue weighted by Gasteiger charge is -2.19. The highest BCUT2D eigenvalue weighted by atomic mass is 16.6. The van der Waals surface area contributed by atoms with Crippen molar-refractivity contribution in [1.82, 2.24) is 0 Å². The van der Waals surface area contributed by atoms with E-state index < -0.39 is 5.60 Å². The fraction of sp³-hybridized carbons (Fsp3) is 0.300. The third-order valence-electron chi connectivity index (χ3n) is 3.34. The molecule has 0 aliphatic heterocycles. The molecule has 6 heteroatoms. The Balaban J connectivity index is 2.02. The summed E-state index contributed by atoms with van der Waals surface area (Å²) in [5.41, 5.74) is 7.54. The highest BCUT2D eigenvalue weighted by Crippen LogP contribution is 2.17. The van der Waals surface area contributed by atoms with E-state index in [1.54, 1.807) is 25.3 Å². The van der Waals surface area contributed by atoms with Crippen LogP contribution in [0.4, 0.5) is 5.69 Å². The first kappa shape index (κ1) is 19.3. The summed E-state index contributed by atoms with van der Waals surface area (Å²) < 4.78 is 10.6. The molecule has 3 N–H and O–H groups in total. The van der Waals surface area contributed by atoms with Crippen molar-refractivity contribution in [2.45, 2.75) is 32.9 Å². The average Bonchev–Trinajstić information content (AvgIpc) is 2.59. The fourth-order valence-corrected chi connectivity index (χ4v) is 2.20. The minimum atomic E-state index is -0.531. The van der Waals surface area contributed by atoms with Gasteiger partial charge in [0.1, 0.15) is 11.4 Å². The Kier molecular flexibility index (Phi) is 6.22. The Hall–Kier alpha value is -3.02. The summed E-state index contributed by atoms with van der Waals surface area (Å²) in [6.07, 6.45) is 0. The highest BCUT2D eigenvalue weighted by molar-refractivity contribution is 5.92. The molecule has 2 rings (SSSR count). The van der Waals surface area contributed by atoms with Gasteiger partial charge < -0.3 is 20.5 Å². The van der Waals surface area contributed by atoms with Crippen LogP contribution in [0, 0.1) is 0 Å². The molecule has 26 heavy (non-hydrogen) atoms. The van der Waals surface area contributed by atoms with Crippen molar-refractivity contribution >= 4 is 17.6 Å². The summed E-state index contributed by atoms with van der Waals surface area (Å²) in [6, 6.07) is 14.6. The van der Waals surface area contributed by atoms with Crippen LogP contribution in [0.15, 0.2) is 53.5 Å². The summed E-state index contributed by atoms with van der Waals surface area (Å²) in [7, 11) is 1.61. The normalized spacial score (nSPS) is 11.8. The number of anilines is 1. The van der Waals surface area contributed by atoms with E-state index in [0.29, 0.717) is 12.1 Å². The van der Waals surface area contributed by atoms with Gasteiger partial charge in [-0.2, -0.15) is 0 Å². The van der Waals surface area contributed by atoms with Gasteiger partial charge >= 0.3 is 5.97 Å². The molecule has 0 radical (unpaired) electrons. The number of ether oxygens (including phenoxy) is 2. The van der Waals surface area contributed by atoms with Crippen LogP contribution in [0.25, 0.3) is 0 Å². The van der Waals surface area contributed by atoms with Crippen molar-refractivity contribution in [2.75, 3.05) is 12.4 Å². The molecule has 0 unspecified atom stereocenters. The number of hydrogen-bond acceptors (Lipinski definition) is 4. The summed E-state index contributed by atoms with van der Waals surface area (Å²) in [4.78, 5) is 16.5. The smallest absolute Gasteiger partial charge is 0.338 e. The van der Waals surface area contributed by atoms with Gasteiger partial charge in [-0.1, -0.05) is 18.2 Å². The maximum Gasteiger partial charge on any atom is 0.338 e. The van der Waals surface area contributed by atoms with Gasteiger partial charge in [-0.3, -0.25) is 0 Å². The van der Waals surface area contributed by atoms with Crippen molar-refractivity contribution < 1.29 is 14.3 Å². The van der Waals surface area contributed by atoms with Gasteiger partial charge in [0.25, 0.3) is 0 Å². The molecule has 0 fully saturated rings. The topological polar surface area (TPSA) is 85.9 Å². The number of nitrogens with one attached hydrogen (secondary N) is 1. The van der Waals surface area contributed by atoms with Crippen molar-refractivity contribution in [2.24, 2.45) is 10.7 Å². The number of nitrogens with zero attached hydrogens (tertiary/aromatic N) is 1. The van der Waals surface area contributed by atoms with Crippen molar-refractivity contribution in [3.8, 4) is 5.75 Å². The van der Waals surface area contributed by atoms with E-state index in [0.717, 1.165) is 17.0 Å². The van der Waals surface area contributed by atoms with Gasteiger partial charge in [0.2, 0.25) is 0 Å². The molecule has 0 heterocycles. The number of nitrogens with two attached hydrogens (primary N) is 1. The zero-order valence-corrected chi connectivity index (χ0v) is 15.6. The minimum absolute atomic E-state index is 0.279. The van der Waals surface area contributed by atoms with Gasteiger partial charge in [0.15, 0.2) is 5.96 Å². The second kappa shape index (κ2) is 8.38. The van der Waals surface area contributed by atoms with E-state index in [-0.39, 0.29) is 11.9 Å². The lowest BCUT2D eigenvalue weighted by Crippen LogP contribution is -2.24. The average molecular weight is 355 g/mol. The van der Waals surface area contributed by atoms with E-state index in [1.807, 2.05) is 51.1 Å². The standard InChI is InChI=1S/C20H25N3O3/c1-20(2,3)26-18(24)15-8-5-7-14(11-15)13-22-19(21)23-16-9-6-10-17(12-16)25-4/h5-12H,13H2,1-4H3,(H3,21,22,23). The van der Waals surface area contributed by atoms with Gasteiger partial charge in [-0.15, -0.1) is 0 Å². The number of carbonyl (C=O) groups is 1. The van der Waals surface area contributed by atoms with Crippen molar-refractivity contribution in [3.05, 3.63) is 59.7 Å². The SMILES string of the molecule is COc1cccc(NC(N)=NCc2cccc(C(=O)OC(C)(C)C)c2)c1. The second-order valence-corrected chi connectivity index (χ2v) is 6.76. The van der Waals surface area contributed by atoms with Crippen LogP contribution in [0.5, 0.6) is 5.75 Å². The summed E-state index contributed by atoms with van der Waals surface area (Å²) in [5, 5.41) is 3.01. The monoisotopic (exact) mass is 355 g/mol. The van der Waals surface area contributed by atoms with Crippen molar-refractivity contribution in [3.63, 3.8) is 0 Å². The number of esters is 1. The van der Waals surface area contributed by atoms with Crippen LogP contribution in [0.3, 0.4) is 0 Å². The Bertz CT molecular complexity index is 795. The quantitative estimate of drug-likeness (QED) is 0.486. The molecule has 0 saturated carbocycles. The first-order valence-corrected chi connectivity index (χ1v) is 8.30. The lowest BCUT2D eigenvalue weighted by molar-refractivity contribution is 0.00694.